The Balaban J connectivity index is 0.000000845. The van der Waals surface area contributed by atoms with Crippen LogP contribution in [0, 0.1) is 13.8 Å². The van der Waals surface area contributed by atoms with Gasteiger partial charge in [0.25, 0.3) is 0 Å². The maximum absolute atomic E-state index is 2.33. The number of aryl methyl sites for hydroxylation is 2. The average molecular weight is 288 g/mol. The summed E-state index contributed by atoms with van der Waals surface area (Å²) in [4.78, 5) is 0. The molecule has 0 spiro atoms. The summed E-state index contributed by atoms with van der Waals surface area (Å²) in [5, 5.41) is 11.1. The van der Waals surface area contributed by atoms with Crippen molar-refractivity contribution in [2.75, 3.05) is 0 Å². The fourth-order valence-electron chi connectivity index (χ4n) is 4.03. The van der Waals surface area contributed by atoms with Gasteiger partial charge in [-0.3, -0.25) is 0 Å². The van der Waals surface area contributed by atoms with E-state index in [1.54, 1.807) is 0 Å². The van der Waals surface area contributed by atoms with Crippen molar-refractivity contribution in [2.24, 2.45) is 0 Å². The van der Waals surface area contributed by atoms with Crippen molar-refractivity contribution >= 4 is 43.1 Å². The first kappa shape index (κ1) is 14.6. The average Bonchev–Trinajstić information content (AvgIpc) is 2.55. The molecule has 0 nitrogen and oxygen atoms in total. The first-order chi connectivity index (χ1) is 10.8. The molecule has 5 rings (SSSR count). The molecule has 0 heterocycles. The molecule has 0 N–H and O–H groups in total. The third-order valence-corrected chi connectivity index (χ3v) is 5.15. The van der Waals surface area contributed by atoms with Gasteiger partial charge in [0.15, 0.2) is 0 Å². The van der Waals surface area contributed by atoms with Gasteiger partial charge in [0.2, 0.25) is 0 Å². The van der Waals surface area contributed by atoms with Gasteiger partial charge in [0.1, 0.15) is 0 Å². The van der Waals surface area contributed by atoms with Crippen LogP contribution in [0.25, 0.3) is 43.1 Å². The summed E-state index contributed by atoms with van der Waals surface area (Å²) in [6, 6.07) is 22.4. The minimum absolute atomic E-state index is 0. The van der Waals surface area contributed by atoms with Crippen LogP contribution in [0.5, 0.6) is 0 Å². The smallest absolute Gasteiger partial charge is 1.00 e. The van der Waals surface area contributed by atoms with Gasteiger partial charge in [-0.2, -0.15) is 0 Å². The van der Waals surface area contributed by atoms with E-state index in [2.05, 4.69) is 74.5 Å². The first-order valence-electron chi connectivity index (χ1n) is 7.81. The van der Waals surface area contributed by atoms with Crippen LogP contribution in [0.3, 0.4) is 0 Å². The van der Waals surface area contributed by atoms with Crippen LogP contribution in [0.15, 0.2) is 60.7 Å². The topological polar surface area (TPSA) is 0 Å². The largest absolute Gasteiger partial charge is 1.00 e. The van der Waals surface area contributed by atoms with Crippen molar-refractivity contribution in [2.45, 2.75) is 13.8 Å². The van der Waals surface area contributed by atoms with Crippen LogP contribution in [-0.4, -0.2) is 0 Å². The summed E-state index contributed by atoms with van der Waals surface area (Å²) in [6.07, 6.45) is 0. The zero-order chi connectivity index (χ0) is 14.8. The van der Waals surface area contributed by atoms with Crippen LogP contribution in [0.1, 0.15) is 12.6 Å². The molecule has 1 heteroatoms. The Hall–Kier alpha value is -2.00. The van der Waals surface area contributed by atoms with E-state index >= 15 is 0 Å². The Morgan fingerprint density at radius 2 is 1.17 bits per heavy atom. The minimum Gasteiger partial charge on any atom is -1.00 e. The van der Waals surface area contributed by atoms with Crippen LogP contribution in [0.2, 0.25) is 0 Å². The molecule has 106 valence electrons. The summed E-state index contributed by atoms with van der Waals surface area (Å²) < 4.78 is 0. The maximum Gasteiger partial charge on any atom is 1.00 e. The van der Waals surface area contributed by atoms with Gasteiger partial charge in [-0.1, -0.05) is 60.7 Å². The fraction of sp³-hybridized carbons (Fsp3) is 0.0909. The van der Waals surface area contributed by atoms with E-state index < -0.39 is 0 Å². The molecule has 0 aliphatic rings. The molecule has 23 heavy (non-hydrogen) atoms. The molecular weight excluding hydrogens is 271 g/mol. The molecule has 0 aromatic heterocycles. The van der Waals surface area contributed by atoms with Crippen molar-refractivity contribution in [1.29, 1.82) is 0 Å². The monoisotopic (exact) mass is 288 g/mol. The van der Waals surface area contributed by atoms with Gasteiger partial charge in [0, 0.05) is 0 Å². The van der Waals surface area contributed by atoms with E-state index in [1.165, 1.54) is 54.2 Å². The fourth-order valence-corrected chi connectivity index (χ4v) is 4.03. The molecule has 0 aliphatic carbocycles. The summed E-state index contributed by atoms with van der Waals surface area (Å²) in [7, 11) is 0. The summed E-state index contributed by atoms with van der Waals surface area (Å²) >= 11 is 0. The van der Waals surface area contributed by atoms with Gasteiger partial charge < -0.3 is 1.43 Å². The zero-order valence-electron chi connectivity index (χ0n) is 14.8. The molecule has 0 unspecified atom stereocenters. The number of benzene rings is 5. The Morgan fingerprint density at radius 3 is 1.87 bits per heavy atom. The Bertz CT molecular complexity index is 1190. The molecule has 0 atom stereocenters. The van der Waals surface area contributed by atoms with E-state index in [-0.39, 0.29) is 20.3 Å². The standard InChI is InChI=1S/C22H16.Li.H/c1-13-12-16-8-5-10-18-17-9-3-6-15-7-4-11-19(21(15)17)20(14(13)2)22(16)18;;/h3-12H,1-2H3;;/q;+1;-1. The molecular formula is C22H17Li. The minimum atomic E-state index is 0. The molecule has 0 fully saturated rings. The Morgan fingerprint density at radius 1 is 0.609 bits per heavy atom. The van der Waals surface area contributed by atoms with Crippen molar-refractivity contribution in [3.8, 4) is 0 Å². The van der Waals surface area contributed by atoms with Crippen molar-refractivity contribution < 1.29 is 20.3 Å². The second-order valence-electron chi connectivity index (χ2n) is 6.31. The number of hydrogen-bond donors (Lipinski definition) is 0. The Labute approximate surface area is 149 Å². The molecule has 0 saturated carbocycles. The van der Waals surface area contributed by atoms with Gasteiger partial charge >= 0.3 is 18.9 Å². The van der Waals surface area contributed by atoms with Gasteiger partial charge in [0.05, 0.1) is 0 Å². The Kier molecular flexibility index (Phi) is 3.17. The van der Waals surface area contributed by atoms with Crippen LogP contribution in [0.4, 0.5) is 0 Å². The van der Waals surface area contributed by atoms with Crippen molar-refractivity contribution in [3.05, 3.63) is 71.8 Å². The second-order valence-corrected chi connectivity index (χ2v) is 6.31. The van der Waals surface area contributed by atoms with E-state index in [9.17, 15) is 0 Å². The SMILES string of the molecule is Cc1cc2cccc3c4cccc5cccc(c(c1C)c23)c54.[H-].[Li+]. The van der Waals surface area contributed by atoms with Crippen LogP contribution >= 0.6 is 0 Å². The molecule has 0 radical (unpaired) electrons. The normalized spacial score (nSPS) is 11.6. The molecule has 0 saturated heterocycles. The summed E-state index contributed by atoms with van der Waals surface area (Å²) in [5.41, 5.74) is 2.78. The maximum atomic E-state index is 2.33. The second kappa shape index (κ2) is 5.00. The molecule has 0 amide bonds. The number of rotatable bonds is 0. The van der Waals surface area contributed by atoms with E-state index in [1.807, 2.05) is 0 Å². The first-order valence-corrected chi connectivity index (χ1v) is 7.81. The zero-order valence-corrected chi connectivity index (χ0v) is 13.8. The predicted molar refractivity (Wildman–Crippen MR) is 98.2 cm³/mol. The van der Waals surface area contributed by atoms with Crippen molar-refractivity contribution in [3.63, 3.8) is 0 Å². The van der Waals surface area contributed by atoms with Crippen molar-refractivity contribution in [1.82, 2.24) is 0 Å². The number of hydrogen-bond acceptors (Lipinski definition) is 0. The van der Waals surface area contributed by atoms with Gasteiger partial charge in [-0.15, -0.1) is 0 Å². The molecule has 0 aliphatic heterocycles. The quantitative estimate of drug-likeness (QED) is 0.232. The molecule has 5 aromatic carbocycles. The molecule has 5 aromatic rings. The van der Waals surface area contributed by atoms with E-state index in [0.717, 1.165) is 0 Å². The van der Waals surface area contributed by atoms with Gasteiger partial charge in [-0.25, -0.2) is 0 Å². The van der Waals surface area contributed by atoms with Crippen LogP contribution in [-0.2, 0) is 0 Å². The van der Waals surface area contributed by atoms with E-state index in [0.29, 0.717) is 0 Å². The third kappa shape index (κ3) is 1.80. The van der Waals surface area contributed by atoms with E-state index in [4.69, 9.17) is 0 Å². The van der Waals surface area contributed by atoms with Gasteiger partial charge in [-0.05, 0) is 68.1 Å². The summed E-state index contributed by atoms with van der Waals surface area (Å²) in [6.45, 7) is 4.48. The third-order valence-electron chi connectivity index (χ3n) is 5.15. The summed E-state index contributed by atoms with van der Waals surface area (Å²) in [5.74, 6) is 0. The predicted octanol–water partition coefficient (Wildman–Crippen LogP) is 3.47. The number of fused-ring (bicyclic) bond motifs is 2. The van der Waals surface area contributed by atoms with Crippen LogP contribution < -0.4 is 18.9 Å². The molecule has 0 bridgehead atoms.